The van der Waals surface area contributed by atoms with Crippen molar-refractivity contribution in [2.24, 2.45) is 11.7 Å². The molecule has 1 aromatic rings. The fourth-order valence-corrected chi connectivity index (χ4v) is 6.29. The van der Waals surface area contributed by atoms with Crippen molar-refractivity contribution in [2.75, 3.05) is 17.5 Å². The number of hydrogen-bond donors (Lipinski definition) is 2. The fourth-order valence-electron chi connectivity index (χ4n) is 5.54. The van der Waals surface area contributed by atoms with E-state index >= 15 is 0 Å². The minimum Gasteiger partial charge on any atom is -0.332 e. The van der Waals surface area contributed by atoms with Gasteiger partial charge in [0, 0.05) is 23.0 Å². The van der Waals surface area contributed by atoms with Crippen molar-refractivity contribution in [3.8, 4) is 0 Å². The van der Waals surface area contributed by atoms with Gasteiger partial charge >= 0.3 is 0 Å². The second-order valence-corrected chi connectivity index (χ2v) is 13.0. The van der Waals surface area contributed by atoms with E-state index in [1.165, 1.54) is 16.7 Å². The van der Waals surface area contributed by atoms with Crippen LogP contribution < -0.4 is 10.5 Å². The number of piperidine rings is 1. The number of likely N-dealkylation sites (tertiary alicyclic amines) is 1. The summed E-state index contributed by atoms with van der Waals surface area (Å²) in [4.78, 5) is 15.7. The van der Waals surface area contributed by atoms with Crippen LogP contribution in [0.3, 0.4) is 0 Å². The lowest BCUT2D eigenvalue weighted by molar-refractivity contribution is 0.0657. The molecule has 0 bridgehead atoms. The fraction of sp³-hybridized carbons (Fsp3) is 0.464. The van der Waals surface area contributed by atoms with Crippen LogP contribution >= 0.6 is 11.6 Å². The Balaban J connectivity index is 1.40. The maximum absolute atomic E-state index is 13.8. The van der Waals surface area contributed by atoms with Gasteiger partial charge in [-0.25, -0.2) is 8.42 Å². The lowest BCUT2D eigenvalue weighted by Gasteiger charge is -2.36. The highest BCUT2D eigenvalue weighted by molar-refractivity contribution is 7.92. The van der Waals surface area contributed by atoms with Gasteiger partial charge in [0.2, 0.25) is 10.0 Å². The van der Waals surface area contributed by atoms with Gasteiger partial charge in [0.25, 0.3) is 5.91 Å². The van der Waals surface area contributed by atoms with Crippen molar-refractivity contribution in [2.45, 2.75) is 63.5 Å². The molecule has 1 heterocycles. The zero-order valence-corrected chi connectivity index (χ0v) is 22.5. The molecule has 0 spiro atoms. The Morgan fingerprint density at radius 2 is 1.97 bits per heavy atom. The summed E-state index contributed by atoms with van der Waals surface area (Å²) in [5.74, 6) is 0.0205. The van der Waals surface area contributed by atoms with E-state index in [1.54, 1.807) is 18.2 Å². The van der Waals surface area contributed by atoms with Gasteiger partial charge in [-0.15, -0.1) is 0 Å². The Morgan fingerprint density at radius 1 is 1.19 bits per heavy atom. The standard InChI is InChI=1S/C28H34ClN3O3S/c1-18-13-20-15-22(16-21(20)14-19(18)8-9-28(30)10-11-28)26-5-3-4-12-32(26)27(33)24-17-23(29)6-7-25(24)31-36(2,34)35/h6-7,13-17,20,26,31H,3-5,8-12,30H2,1-2H3/t20?,26-/m0/s1. The Bertz CT molecular complexity index is 1320. The molecular weight excluding hydrogens is 494 g/mol. The zero-order chi connectivity index (χ0) is 25.7. The van der Waals surface area contributed by atoms with Crippen molar-refractivity contribution in [3.05, 3.63) is 75.4 Å². The second kappa shape index (κ2) is 9.51. The number of fused-ring (bicyclic) bond motifs is 1. The molecular formula is C28H34ClN3O3S. The lowest BCUT2D eigenvalue weighted by Crippen LogP contribution is -2.44. The predicted molar refractivity (Wildman–Crippen MR) is 145 cm³/mol. The van der Waals surface area contributed by atoms with Crippen LogP contribution in [-0.2, 0) is 10.0 Å². The Kier molecular flexibility index (Phi) is 6.68. The molecule has 36 heavy (non-hydrogen) atoms. The van der Waals surface area contributed by atoms with Crippen LogP contribution in [0.15, 0.2) is 64.8 Å². The lowest BCUT2D eigenvalue weighted by atomic mass is 9.86. The third kappa shape index (κ3) is 5.48. The number of amides is 1. The normalized spacial score (nSPS) is 24.8. The van der Waals surface area contributed by atoms with Gasteiger partial charge in [-0.1, -0.05) is 41.5 Å². The molecule has 1 saturated heterocycles. The number of anilines is 1. The van der Waals surface area contributed by atoms with Crippen molar-refractivity contribution in [3.63, 3.8) is 0 Å². The van der Waals surface area contributed by atoms with Gasteiger partial charge < -0.3 is 10.6 Å². The molecule has 1 aromatic carbocycles. The summed E-state index contributed by atoms with van der Waals surface area (Å²) in [6.07, 6.45) is 17.3. The van der Waals surface area contributed by atoms with Gasteiger partial charge in [-0.05, 0) is 86.8 Å². The molecule has 0 radical (unpaired) electrons. The number of nitrogens with two attached hydrogens (primary N) is 1. The van der Waals surface area contributed by atoms with Crippen LogP contribution in [0.4, 0.5) is 5.69 Å². The topological polar surface area (TPSA) is 92.5 Å². The summed E-state index contributed by atoms with van der Waals surface area (Å²) in [6, 6.07) is 4.63. The molecule has 6 nitrogen and oxygen atoms in total. The van der Waals surface area contributed by atoms with Crippen molar-refractivity contribution in [1.82, 2.24) is 4.90 Å². The number of carbonyl (C=O) groups is 1. The van der Waals surface area contributed by atoms with Crippen LogP contribution in [0.2, 0.25) is 5.02 Å². The van der Waals surface area contributed by atoms with E-state index in [2.05, 4.69) is 35.9 Å². The summed E-state index contributed by atoms with van der Waals surface area (Å²) in [6.45, 7) is 2.80. The first-order valence-corrected chi connectivity index (χ1v) is 15.0. The number of nitrogens with one attached hydrogen (secondary N) is 1. The van der Waals surface area contributed by atoms with Crippen molar-refractivity contribution in [1.29, 1.82) is 0 Å². The molecule has 2 atom stereocenters. The van der Waals surface area contributed by atoms with Crippen LogP contribution in [0.1, 0.15) is 62.2 Å². The third-order valence-corrected chi connectivity index (χ3v) is 8.63. The highest BCUT2D eigenvalue weighted by Gasteiger charge is 2.38. The first-order chi connectivity index (χ1) is 17.0. The van der Waals surface area contributed by atoms with Crippen molar-refractivity contribution >= 4 is 33.2 Å². The molecule has 2 fully saturated rings. The second-order valence-electron chi connectivity index (χ2n) is 10.8. The summed E-state index contributed by atoms with van der Waals surface area (Å²) < 4.78 is 26.3. The number of hydrogen-bond acceptors (Lipinski definition) is 4. The highest BCUT2D eigenvalue weighted by atomic mass is 35.5. The molecule has 0 aromatic heterocycles. The number of nitrogens with zero attached hydrogens (tertiary/aromatic N) is 1. The summed E-state index contributed by atoms with van der Waals surface area (Å²) >= 11 is 6.21. The van der Waals surface area contributed by atoms with Crippen LogP contribution in [0, 0.1) is 5.92 Å². The minimum atomic E-state index is -3.55. The Labute approximate surface area is 219 Å². The monoisotopic (exact) mass is 527 g/mol. The van der Waals surface area contributed by atoms with Gasteiger partial charge in [-0.2, -0.15) is 0 Å². The van der Waals surface area contributed by atoms with Gasteiger partial charge in [0.15, 0.2) is 0 Å². The van der Waals surface area contributed by atoms with Crippen LogP contribution in [0.25, 0.3) is 0 Å². The number of halogens is 1. The number of benzene rings is 1. The summed E-state index contributed by atoms with van der Waals surface area (Å²) in [5, 5.41) is 0.392. The number of carbonyl (C=O) groups excluding carboxylic acids is 1. The number of allylic oxidation sites excluding steroid dienone is 6. The molecule has 1 unspecified atom stereocenters. The average molecular weight is 528 g/mol. The maximum Gasteiger partial charge on any atom is 0.256 e. The van der Waals surface area contributed by atoms with Crippen LogP contribution in [0.5, 0.6) is 0 Å². The number of rotatable bonds is 7. The SMILES string of the molecule is CC1=CC2C=C([C@@H]3CCCCN3C(=O)c3cc(Cl)ccc3NS(C)(=O)=O)C=C2C=C1CCC1(N)CC1. The van der Waals surface area contributed by atoms with Crippen LogP contribution in [-0.4, -0.2) is 43.6 Å². The largest absolute Gasteiger partial charge is 0.332 e. The molecule has 5 rings (SSSR count). The van der Waals surface area contributed by atoms with E-state index in [0.29, 0.717) is 11.6 Å². The molecule has 3 N–H and O–H groups in total. The van der Waals surface area contributed by atoms with E-state index in [-0.39, 0.29) is 34.7 Å². The Morgan fingerprint density at radius 3 is 2.69 bits per heavy atom. The van der Waals surface area contributed by atoms with Crippen molar-refractivity contribution < 1.29 is 13.2 Å². The summed E-state index contributed by atoms with van der Waals surface area (Å²) in [7, 11) is -3.55. The molecule has 4 aliphatic rings. The highest BCUT2D eigenvalue weighted by Crippen LogP contribution is 2.42. The van der Waals surface area contributed by atoms with Gasteiger partial charge in [0.1, 0.15) is 0 Å². The maximum atomic E-state index is 13.8. The van der Waals surface area contributed by atoms with E-state index in [1.807, 2.05) is 4.90 Å². The molecule has 1 aliphatic heterocycles. The van der Waals surface area contributed by atoms with E-state index in [9.17, 15) is 13.2 Å². The molecule has 1 saturated carbocycles. The molecule has 1 amide bonds. The molecule has 3 aliphatic carbocycles. The minimum absolute atomic E-state index is 0.0412. The van der Waals surface area contributed by atoms with E-state index < -0.39 is 10.0 Å². The quantitative estimate of drug-likeness (QED) is 0.500. The zero-order valence-electron chi connectivity index (χ0n) is 20.9. The first kappa shape index (κ1) is 25.3. The molecule has 192 valence electrons. The predicted octanol–water partition coefficient (Wildman–Crippen LogP) is 5.35. The average Bonchev–Trinajstić information content (AvgIpc) is 3.42. The Hall–Kier alpha value is -2.35. The van der Waals surface area contributed by atoms with E-state index in [4.69, 9.17) is 17.3 Å². The summed E-state index contributed by atoms with van der Waals surface area (Å²) in [5.41, 5.74) is 12.0. The first-order valence-electron chi connectivity index (χ1n) is 12.7. The van der Waals surface area contributed by atoms with Gasteiger partial charge in [0.05, 0.1) is 23.5 Å². The number of sulfonamides is 1. The van der Waals surface area contributed by atoms with Gasteiger partial charge in [-0.3, -0.25) is 9.52 Å². The molecule has 8 heteroatoms. The smallest absolute Gasteiger partial charge is 0.256 e. The third-order valence-electron chi connectivity index (χ3n) is 7.81. The van der Waals surface area contributed by atoms with E-state index in [0.717, 1.165) is 56.8 Å².